The average molecular weight is 226 g/mol. The Hall–Kier alpha value is -1.29. The molecule has 0 amide bonds. The van der Waals surface area contributed by atoms with Crippen LogP contribution in [0.2, 0.25) is 0 Å². The predicted molar refractivity (Wildman–Crippen MR) is 59.8 cm³/mol. The summed E-state index contributed by atoms with van der Waals surface area (Å²) in [5, 5.41) is 0. The topological polar surface area (TPSA) is 44.8 Å². The molecule has 90 valence electrons. The summed E-state index contributed by atoms with van der Waals surface area (Å²) in [6.45, 7) is 7.47. The van der Waals surface area contributed by atoms with Gasteiger partial charge in [0.25, 0.3) is 0 Å². The van der Waals surface area contributed by atoms with Crippen LogP contribution in [-0.4, -0.2) is 32.7 Å². The largest absolute Gasteiger partial charge is 0.494 e. The molecule has 1 aliphatic carbocycles. The van der Waals surface area contributed by atoms with E-state index < -0.39 is 11.0 Å². The smallest absolute Gasteiger partial charge is 0.241 e. The number of rotatable bonds is 5. The van der Waals surface area contributed by atoms with Crippen LogP contribution in [0.5, 0.6) is 0 Å². The van der Waals surface area contributed by atoms with E-state index in [9.17, 15) is 4.79 Å². The zero-order valence-corrected chi connectivity index (χ0v) is 10.4. The van der Waals surface area contributed by atoms with Gasteiger partial charge in [-0.05, 0) is 0 Å². The molecule has 1 aliphatic rings. The summed E-state index contributed by atoms with van der Waals surface area (Å²) in [4.78, 5) is 12.1. The fourth-order valence-corrected chi connectivity index (χ4v) is 2.06. The van der Waals surface area contributed by atoms with E-state index in [1.165, 1.54) is 21.3 Å². The van der Waals surface area contributed by atoms with Crippen molar-refractivity contribution in [3.63, 3.8) is 0 Å². The van der Waals surface area contributed by atoms with E-state index in [0.29, 0.717) is 5.76 Å². The van der Waals surface area contributed by atoms with Crippen LogP contribution in [0.4, 0.5) is 0 Å². The molecule has 0 N–H and O–H groups in total. The maximum Gasteiger partial charge on any atom is 0.241 e. The third-order valence-electron chi connectivity index (χ3n) is 3.18. The second-order valence-corrected chi connectivity index (χ2v) is 4.21. The maximum atomic E-state index is 12.1. The highest BCUT2D eigenvalue weighted by atomic mass is 16.6. The van der Waals surface area contributed by atoms with Crippen molar-refractivity contribution in [1.82, 2.24) is 0 Å². The van der Waals surface area contributed by atoms with E-state index >= 15 is 0 Å². The Bertz CT molecular complexity index is 354. The van der Waals surface area contributed by atoms with Crippen molar-refractivity contribution in [3.05, 3.63) is 24.2 Å². The lowest BCUT2D eigenvalue weighted by atomic mass is 9.64. The molecule has 4 heteroatoms. The van der Waals surface area contributed by atoms with Gasteiger partial charge in [0.2, 0.25) is 17.1 Å². The monoisotopic (exact) mass is 226 g/mol. The van der Waals surface area contributed by atoms with Gasteiger partial charge in [-0.2, -0.15) is 0 Å². The van der Waals surface area contributed by atoms with Crippen LogP contribution in [0.25, 0.3) is 0 Å². The van der Waals surface area contributed by atoms with Crippen molar-refractivity contribution in [1.29, 1.82) is 0 Å². The van der Waals surface area contributed by atoms with E-state index in [-0.39, 0.29) is 11.5 Å². The number of methoxy groups -OCH3 is 3. The van der Waals surface area contributed by atoms with Gasteiger partial charge < -0.3 is 14.2 Å². The Balaban J connectivity index is 3.35. The summed E-state index contributed by atoms with van der Waals surface area (Å²) in [7, 11) is 4.41. The lowest BCUT2D eigenvalue weighted by Crippen LogP contribution is -2.61. The van der Waals surface area contributed by atoms with Crippen LogP contribution < -0.4 is 0 Å². The van der Waals surface area contributed by atoms with Crippen LogP contribution in [-0.2, 0) is 19.0 Å². The van der Waals surface area contributed by atoms with E-state index in [0.717, 1.165) is 0 Å². The zero-order chi connectivity index (χ0) is 12.6. The first-order valence-electron chi connectivity index (χ1n) is 4.99. The molecule has 0 saturated heterocycles. The molecule has 0 radical (unpaired) electrons. The normalized spacial score (nSPS) is 25.2. The second kappa shape index (κ2) is 3.94. The third kappa shape index (κ3) is 1.23. The number of hydrogen-bond acceptors (Lipinski definition) is 4. The first-order chi connectivity index (χ1) is 7.42. The van der Waals surface area contributed by atoms with Crippen molar-refractivity contribution in [2.75, 3.05) is 21.3 Å². The summed E-state index contributed by atoms with van der Waals surface area (Å²) >= 11 is 0. The number of carbonyl (C=O) groups excluding carboxylic acids is 1. The SMILES string of the molecule is C=CC(C)(C)C1(OC)C(=O)C(OC)=C1OC. The zero-order valence-electron chi connectivity index (χ0n) is 10.4. The fourth-order valence-electron chi connectivity index (χ4n) is 2.06. The summed E-state index contributed by atoms with van der Waals surface area (Å²) < 4.78 is 15.6. The highest BCUT2D eigenvalue weighted by Gasteiger charge is 2.65. The maximum absolute atomic E-state index is 12.1. The molecule has 0 heterocycles. The minimum Gasteiger partial charge on any atom is -0.494 e. The van der Waals surface area contributed by atoms with E-state index in [4.69, 9.17) is 14.2 Å². The molecular weight excluding hydrogens is 208 g/mol. The quantitative estimate of drug-likeness (QED) is 0.669. The minimum absolute atomic E-state index is 0.209. The van der Waals surface area contributed by atoms with Crippen molar-refractivity contribution in [3.8, 4) is 0 Å². The van der Waals surface area contributed by atoms with Crippen molar-refractivity contribution in [2.45, 2.75) is 19.4 Å². The lowest BCUT2D eigenvalue weighted by Gasteiger charge is -2.48. The lowest BCUT2D eigenvalue weighted by molar-refractivity contribution is -0.163. The van der Waals surface area contributed by atoms with Gasteiger partial charge >= 0.3 is 0 Å². The molecule has 0 saturated carbocycles. The van der Waals surface area contributed by atoms with Crippen LogP contribution in [0.15, 0.2) is 24.2 Å². The van der Waals surface area contributed by atoms with Gasteiger partial charge in [0, 0.05) is 12.5 Å². The van der Waals surface area contributed by atoms with Crippen LogP contribution in [0.3, 0.4) is 0 Å². The summed E-state index contributed by atoms with van der Waals surface area (Å²) in [5.74, 6) is 0.436. The molecule has 0 aromatic carbocycles. The Morgan fingerprint density at radius 3 is 2.12 bits per heavy atom. The van der Waals surface area contributed by atoms with Crippen molar-refractivity contribution in [2.24, 2.45) is 5.41 Å². The Morgan fingerprint density at radius 2 is 1.81 bits per heavy atom. The number of ketones is 1. The second-order valence-electron chi connectivity index (χ2n) is 4.21. The number of carbonyl (C=O) groups is 1. The molecule has 0 aliphatic heterocycles. The van der Waals surface area contributed by atoms with Crippen LogP contribution in [0.1, 0.15) is 13.8 Å². The first kappa shape index (κ1) is 12.8. The van der Waals surface area contributed by atoms with E-state index in [1.807, 2.05) is 13.8 Å². The number of hydrogen-bond donors (Lipinski definition) is 0. The highest BCUT2D eigenvalue weighted by molar-refractivity contribution is 6.11. The molecule has 1 rings (SSSR count). The number of ether oxygens (including phenoxy) is 3. The average Bonchev–Trinajstić information content (AvgIpc) is 2.26. The number of Topliss-reactive ketones (excluding diaryl/α,β-unsaturated/α-hetero) is 1. The summed E-state index contributed by atoms with van der Waals surface area (Å²) in [6.07, 6.45) is 1.68. The fraction of sp³-hybridized carbons (Fsp3) is 0.583. The molecule has 1 atom stereocenters. The van der Waals surface area contributed by atoms with Gasteiger partial charge in [-0.1, -0.05) is 19.9 Å². The standard InChI is InChI=1S/C12H18O4/c1-7-11(2,3)12(16-6)9(13)8(14-4)10(12)15-5/h7H,1H2,2-6H3. The summed E-state index contributed by atoms with van der Waals surface area (Å²) in [6, 6.07) is 0. The minimum atomic E-state index is -1.12. The molecule has 0 aromatic heterocycles. The molecule has 1 unspecified atom stereocenters. The molecular formula is C12H18O4. The molecule has 0 spiro atoms. The Labute approximate surface area is 95.9 Å². The highest BCUT2D eigenvalue weighted by Crippen LogP contribution is 2.50. The summed E-state index contributed by atoms with van der Waals surface area (Å²) in [5.41, 5.74) is -1.68. The predicted octanol–water partition coefficient (Wildman–Crippen LogP) is 1.67. The molecule has 0 fully saturated rings. The van der Waals surface area contributed by atoms with Crippen molar-refractivity contribution < 1.29 is 19.0 Å². The molecule has 0 aromatic rings. The Morgan fingerprint density at radius 1 is 1.25 bits per heavy atom. The first-order valence-corrected chi connectivity index (χ1v) is 4.99. The third-order valence-corrected chi connectivity index (χ3v) is 3.18. The van der Waals surface area contributed by atoms with Gasteiger partial charge in [0.15, 0.2) is 5.76 Å². The van der Waals surface area contributed by atoms with Crippen molar-refractivity contribution >= 4 is 5.78 Å². The van der Waals surface area contributed by atoms with E-state index in [1.54, 1.807) is 6.08 Å². The van der Waals surface area contributed by atoms with Crippen LogP contribution >= 0.6 is 0 Å². The molecule has 16 heavy (non-hydrogen) atoms. The van der Waals surface area contributed by atoms with Gasteiger partial charge in [-0.25, -0.2) is 0 Å². The Kier molecular flexibility index (Phi) is 3.15. The van der Waals surface area contributed by atoms with Gasteiger partial charge in [-0.3, -0.25) is 4.79 Å². The molecule has 4 nitrogen and oxygen atoms in total. The van der Waals surface area contributed by atoms with Gasteiger partial charge in [0.05, 0.1) is 14.2 Å². The molecule has 0 bridgehead atoms. The van der Waals surface area contributed by atoms with Crippen LogP contribution in [0, 0.1) is 5.41 Å². The van der Waals surface area contributed by atoms with Gasteiger partial charge in [-0.15, -0.1) is 6.58 Å². The van der Waals surface area contributed by atoms with Gasteiger partial charge in [0.1, 0.15) is 0 Å². The van der Waals surface area contributed by atoms with E-state index in [2.05, 4.69) is 6.58 Å².